The Morgan fingerprint density at radius 2 is 1.88 bits per heavy atom. The highest BCUT2D eigenvalue weighted by Crippen LogP contribution is 2.35. The van der Waals surface area contributed by atoms with Crippen molar-refractivity contribution in [3.8, 4) is 17.0 Å². The van der Waals surface area contributed by atoms with Gasteiger partial charge in [-0.3, -0.25) is 5.10 Å². The van der Waals surface area contributed by atoms with Crippen molar-refractivity contribution in [2.24, 2.45) is 0 Å². The number of benzene rings is 1. The van der Waals surface area contributed by atoms with Crippen LogP contribution in [0.25, 0.3) is 22.2 Å². The van der Waals surface area contributed by atoms with Gasteiger partial charge in [0.1, 0.15) is 17.3 Å². The Morgan fingerprint density at radius 3 is 2.58 bits per heavy atom. The Morgan fingerprint density at radius 1 is 1.12 bits per heavy atom. The molecule has 0 radical (unpaired) electrons. The fraction of sp³-hybridized carbons (Fsp3) is 0.250. The molecule has 3 heterocycles. The van der Waals surface area contributed by atoms with Gasteiger partial charge in [-0.25, -0.2) is 13.8 Å². The second-order valence-electron chi connectivity index (χ2n) is 5.94. The quantitative estimate of drug-likeness (QED) is 0.709. The second-order valence-corrected chi connectivity index (χ2v) is 5.94. The van der Waals surface area contributed by atoms with E-state index < -0.39 is 25.4 Å². The van der Waals surface area contributed by atoms with Crippen molar-refractivity contribution < 1.29 is 26.7 Å². The third-order valence-corrected chi connectivity index (χ3v) is 3.96. The third kappa shape index (κ3) is 3.14. The van der Waals surface area contributed by atoms with E-state index in [0.717, 1.165) is 0 Å². The average molecular weight is 370 g/mol. The largest absolute Gasteiger partial charge is 0.573 e. The monoisotopic (exact) mass is 370 g/mol. The molecule has 3 aromatic rings. The number of H-pyrrole nitrogens is 1. The first-order chi connectivity index (χ1) is 12.2. The van der Waals surface area contributed by atoms with E-state index >= 15 is 0 Å². The summed E-state index contributed by atoms with van der Waals surface area (Å²) >= 11 is 0. The fourth-order valence-electron chi connectivity index (χ4n) is 2.82. The molecule has 0 saturated carbocycles. The van der Waals surface area contributed by atoms with Gasteiger partial charge in [0.2, 0.25) is 0 Å². The Labute approximate surface area is 143 Å². The van der Waals surface area contributed by atoms with Gasteiger partial charge in [0.25, 0.3) is 5.92 Å². The molecule has 0 bridgehead atoms. The standard InChI is InChI=1S/C16H11F5N4O/c17-15(18)7-25(8-15)13-5-9(3-4-22-13)14-11-6-10(26-16(19,20)21)1-2-12(11)23-24-14/h1-6H,7-8H2,(H,23,24). The number of aromatic amines is 1. The van der Waals surface area contributed by atoms with Crippen LogP contribution in [-0.2, 0) is 0 Å². The van der Waals surface area contributed by atoms with Gasteiger partial charge >= 0.3 is 6.36 Å². The van der Waals surface area contributed by atoms with Crippen LogP contribution >= 0.6 is 0 Å². The van der Waals surface area contributed by atoms with Crippen molar-refractivity contribution in [3.63, 3.8) is 0 Å². The molecule has 2 aromatic heterocycles. The minimum absolute atomic E-state index is 0.354. The molecule has 4 rings (SSSR count). The number of halogens is 5. The van der Waals surface area contributed by atoms with Crippen molar-refractivity contribution in [1.29, 1.82) is 0 Å². The molecule has 0 spiro atoms. The van der Waals surface area contributed by atoms with Crippen LogP contribution in [0.4, 0.5) is 27.8 Å². The van der Waals surface area contributed by atoms with E-state index in [1.165, 1.54) is 29.3 Å². The minimum Gasteiger partial charge on any atom is -0.406 e. The number of hydrogen-bond acceptors (Lipinski definition) is 4. The molecule has 136 valence electrons. The molecule has 5 nitrogen and oxygen atoms in total. The molecule has 10 heteroatoms. The lowest BCUT2D eigenvalue weighted by molar-refractivity contribution is -0.274. The number of rotatable bonds is 3. The van der Waals surface area contributed by atoms with E-state index in [1.54, 1.807) is 12.1 Å². The Hall–Kier alpha value is -2.91. The summed E-state index contributed by atoms with van der Waals surface area (Å²) in [5, 5.41) is 7.26. The first-order valence-corrected chi connectivity index (χ1v) is 7.53. The maximum absolute atomic E-state index is 13.0. The van der Waals surface area contributed by atoms with Crippen LogP contribution in [0.5, 0.6) is 5.75 Å². The Balaban J connectivity index is 1.69. The van der Waals surface area contributed by atoms with Crippen LogP contribution in [0.1, 0.15) is 0 Å². The average Bonchev–Trinajstić information content (AvgIpc) is 2.94. The number of fused-ring (bicyclic) bond motifs is 1. The zero-order chi connectivity index (χ0) is 18.5. The first-order valence-electron chi connectivity index (χ1n) is 7.53. The van der Waals surface area contributed by atoms with Crippen LogP contribution in [0.3, 0.4) is 0 Å². The van der Waals surface area contributed by atoms with Crippen LogP contribution < -0.4 is 9.64 Å². The number of alkyl halides is 5. The summed E-state index contributed by atoms with van der Waals surface area (Å²) < 4.78 is 67.3. The summed E-state index contributed by atoms with van der Waals surface area (Å²) in [4.78, 5) is 5.48. The van der Waals surface area contributed by atoms with Gasteiger partial charge in [-0.05, 0) is 30.3 Å². The van der Waals surface area contributed by atoms with Crippen molar-refractivity contribution in [2.45, 2.75) is 12.3 Å². The lowest BCUT2D eigenvalue weighted by Crippen LogP contribution is -2.56. The van der Waals surface area contributed by atoms with Crippen LogP contribution in [0.2, 0.25) is 0 Å². The number of hydrogen-bond donors (Lipinski definition) is 1. The van der Waals surface area contributed by atoms with Crippen molar-refractivity contribution in [3.05, 3.63) is 36.5 Å². The van der Waals surface area contributed by atoms with Gasteiger partial charge in [-0.2, -0.15) is 5.10 Å². The number of nitrogens with one attached hydrogen (secondary N) is 1. The van der Waals surface area contributed by atoms with E-state index in [2.05, 4.69) is 19.9 Å². The number of anilines is 1. The molecule has 1 aliphatic rings. The molecule has 0 atom stereocenters. The van der Waals surface area contributed by atoms with Gasteiger partial charge in [-0.1, -0.05) is 0 Å². The normalized spacial score (nSPS) is 16.6. The van der Waals surface area contributed by atoms with Crippen LogP contribution in [0, 0.1) is 0 Å². The topological polar surface area (TPSA) is 54.0 Å². The highest BCUT2D eigenvalue weighted by molar-refractivity contribution is 5.94. The van der Waals surface area contributed by atoms with Gasteiger partial charge in [-0.15, -0.1) is 13.2 Å². The van der Waals surface area contributed by atoms with Gasteiger partial charge in [0.05, 0.1) is 18.6 Å². The van der Waals surface area contributed by atoms with E-state index in [9.17, 15) is 22.0 Å². The first kappa shape index (κ1) is 16.6. The molecular formula is C16H11F5N4O. The highest BCUT2D eigenvalue weighted by Gasteiger charge is 2.44. The molecule has 1 aliphatic heterocycles. The molecule has 0 aliphatic carbocycles. The predicted molar refractivity (Wildman–Crippen MR) is 83.2 cm³/mol. The van der Waals surface area contributed by atoms with E-state index in [4.69, 9.17) is 0 Å². The highest BCUT2D eigenvalue weighted by atomic mass is 19.4. The molecule has 1 saturated heterocycles. The van der Waals surface area contributed by atoms with E-state index in [0.29, 0.717) is 28.0 Å². The number of ether oxygens (including phenoxy) is 1. The summed E-state index contributed by atoms with van der Waals surface area (Å²) in [5.41, 5.74) is 1.44. The molecule has 0 amide bonds. The van der Waals surface area contributed by atoms with Crippen LogP contribution in [0.15, 0.2) is 36.5 Å². The van der Waals surface area contributed by atoms with Gasteiger partial charge < -0.3 is 9.64 Å². The summed E-state index contributed by atoms with van der Waals surface area (Å²) in [7, 11) is 0. The lowest BCUT2D eigenvalue weighted by atomic mass is 10.1. The maximum Gasteiger partial charge on any atom is 0.573 e. The molecular weight excluding hydrogens is 359 g/mol. The number of pyridine rings is 1. The fourth-order valence-corrected chi connectivity index (χ4v) is 2.82. The van der Waals surface area contributed by atoms with Gasteiger partial charge in [0, 0.05) is 17.1 Å². The molecule has 26 heavy (non-hydrogen) atoms. The summed E-state index contributed by atoms with van der Waals surface area (Å²) in [6, 6.07) is 7.00. The lowest BCUT2D eigenvalue weighted by Gasteiger charge is -2.39. The van der Waals surface area contributed by atoms with Crippen molar-refractivity contribution in [2.75, 3.05) is 18.0 Å². The molecule has 0 unspecified atom stereocenters. The van der Waals surface area contributed by atoms with Crippen molar-refractivity contribution in [1.82, 2.24) is 15.2 Å². The predicted octanol–water partition coefficient (Wildman–Crippen LogP) is 3.98. The minimum atomic E-state index is -4.80. The molecule has 1 fully saturated rings. The summed E-state index contributed by atoms with van der Waals surface area (Å²) in [5.74, 6) is -2.75. The molecule has 1 N–H and O–H groups in total. The number of aromatic nitrogens is 3. The van der Waals surface area contributed by atoms with E-state index in [1.807, 2.05) is 0 Å². The zero-order valence-corrected chi connectivity index (χ0v) is 13.0. The Bertz CT molecular complexity index is 961. The summed E-state index contributed by atoms with van der Waals surface area (Å²) in [6.07, 6.45) is -3.36. The number of nitrogens with zero attached hydrogens (tertiary/aromatic N) is 3. The SMILES string of the molecule is FC1(F)CN(c2cc(-c3n[nH]c4ccc(OC(F)(F)F)cc34)ccn2)C1. The smallest absolute Gasteiger partial charge is 0.406 e. The zero-order valence-electron chi connectivity index (χ0n) is 13.0. The van der Waals surface area contributed by atoms with Crippen LogP contribution in [-0.4, -0.2) is 40.6 Å². The van der Waals surface area contributed by atoms with Crippen molar-refractivity contribution >= 4 is 16.7 Å². The van der Waals surface area contributed by atoms with E-state index in [-0.39, 0.29) is 5.75 Å². The third-order valence-electron chi connectivity index (χ3n) is 3.96. The van der Waals surface area contributed by atoms with Gasteiger partial charge in [0.15, 0.2) is 0 Å². The molecule has 1 aromatic carbocycles. The second kappa shape index (κ2) is 5.55. The maximum atomic E-state index is 13.0. The summed E-state index contributed by atoms with van der Waals surface area (Å²) in [6.45, 7) is -0.845. The Kier molecular flexibility index (Phi) is 3.53.